The van der Waals surface area contributed by atoms with Crippen molar-refractivity contribution in [2.45, 2.75) is 13.0 Å². The Balaban J connectivity index is 1.45. The van der Waals surface area contributed by atoms with Gasteiger partial charge in [-0.15, -0.1) is 0 Å². The van der Waals surface area contributed by atoms with Gasteiger partial charge >= 0.3 is 0 Å². The Morgan fingerprint density at radius 2 is 1.85 bits per heavy atom. The third-order valence-corrected chi connectivity index (χ3v) is 5.26. The fourth-order valence-corrected chi connectivity index (χ4v) is 3.43. The summed E-state index contributed by atoms with van der Waals surface area (Å²) >= 11 is 6.02. The molecule has 6 heteroatoms. The van der Waals surface area contributed by atoms with E-state index < -0.39 is 6.10 Å². The first-order valence-electron chi connectivity index (χ1n) is 9.24. The van der Waals surface area contributed by atoms with E-state index >= 15 is 0 Å². The van der Waals surface area contributed by atoms with Crippen molar-refractivity contribution in [2.75, 3.05) is 51.3 Å². The number of aryl methyl sites for hydroxylation is 1. The Hall–Kier alpha value is -1.95. The number of ether oxygens (including phenoxy) is 2. The van der Waals surface area contributed by atoms with E-state index in [2.05, 4.69) is 15.9 Å². The Labute approximate surface area is 166 Å². The summed E-state index contributed by atoms with van der Waals surface area (Å²) in [5.41, 5.74) is 2.10. The van der Waals surface area contributed by atoms with E-state index in [1.807, 2.05) is 43.3 Å². The van der Waals surface area contributed by atoms with Gasteiger partial charge in [-0.3, -0.25) is 4.90 Å². The molecule has 1 fully saturated rings. The molecule has 0 aromatic heterocycles. The molecule has 0 aliphatic carbocycles. The van der Waals surface area contributed by atoms with Crippen LogP contribution in [0.4, 0.5) is 5.69 Å². The lowest BCUT2D eigenvalue weighted by atomic mass is 10.2. The molecule has 1 aliphatic rings. The van der Waals surface area contributed by atoms with Gasteiger partial charge < -0.3 is 19.5 Å². The van der Waals surface area contributed by atoms with Gasteiger partial charge in [0.25, 0.3) is 0 Å². The number of hydrogen-bond acceptors (Lipinski definition) is 5. The van der Waals surface area contributed by atoms with Crippen LogP contribution in [0.2, 0.25) is 5.02 Å². The van der Waals surface area contributed by atoms with Crippen molar-refractivity contribution in [3.05, 3.63) is 53.1 Å². The van der Waals surface area contributed by atoms with Crippen LogP contribution in [0.3, 0.4) is 0 Å². The average molecular weight is 391 g/mol. The molecule has 2 aromatic rings. The second-order valence-electron chi connectivity index (χ2n) is 6.84. The summed E-state index contributed by atoms with van der Waals surface area (Å²) in [6.07, 6.45) is -0.529. The standard InChI is InChI=1S/C21H27ClN2O3/c1-16-13-18(7-8-19(16)22)27-15-17(25)14-23-9-11-24(12-10-23)20-5-3-4-6-21(20)26-2/h3-8,13,17,25H,9-12,14-15H2,1-2H3. The first kappa shape index (κ1) is 19.8. The quantitative estimate of drug-likeness (QED) is 0.786. The molecule has 0 spiro atoms. The maximum atomic E-state index is 10.3. The zero-order chi connectivity index (χ0) is 19.2. The number of hydrogen-bond donors (Lipinski definition) is 1. The second kappa shape index (κ2) is 9.31. The lowest BCUT2D eigenvalue weighted by Gasteiger charge is -2.37. The zero-order valence-corrected chi connectivity index (χ0v) is 16.7. The van der Waals surface area contributed by atoms with Gasteiger partial charge in [-0.2, -0.15) is 0 Å². The number of anilines is 1. The first-order valence-corrected chi connectivity index (χ1v) is 9.62. The van der Waals surface area contributed by atoms with E-state index in [-0.39, 0.29) is 6.61 Å². The molecule has 27 heavy (non-hydrogen) atoms. The monoisotopic (exact) mass is 390 g/mol. The van der Waals surface area contributed by atoms with Gasteiger partial charge in [0.2, 0.25) is 0 Å². The fourth-order valence-electron chi connectivity index (χ4n) is 3.31. The van der Waals surface area contributed by atoms with Crippen molar-refractivity contribution in [3.63, 3.8) is 0 Å². The molecule has 0 bridgehead atoms. The number of nitrogens with zero attached hydrogens (tertiary/aromatic N) is 2. The predicted octanol–water partition coefficient (Wildman–Crippen LogP) is 3.22. The molecule has 1 heterocycles. The van der Waals surface area contributed by atoms with Crippen molar-refractivity contribution in [3.8, 4) is 11.5 Å². The molecule has 1 aliphatic heterocycles. The molecule has 0 saturated carbocycles. The molecule has 1 unspecified atom stereocenters. The third-order valence-electron chi connectivity index (χ3n) is 4.84. The fraction of sp³-hybridized carbons (Fsp3) is 0.429. The number of methoxy groups -OCH3 is 1. The second-order valence-corrected chi connectivity index (χ2v) is 7.24. The number of β-amino-alcohol motifs (C(OH)–C–C–N with tert-alkyl or cyclic N) is 1. The van der Waals surface area contributed by atoms with Crippen LogP contribution >= 0.6 is 11.6 Å². The number of aliphatic hydroxyl groups is 1. The highest BCUT2D eigenvalue weighted by Gasteiger charge is 2.21. The Kier molecular flexibility index (Phi) is 6.83. The molecule has 1 saturated heterocycles. The van der Waals surface area contributed by atoms with E-state index in [9.17, 15) is 5.11 Å². The van der Waals surface area contributed by atoms with E-state index in [0.717, 1.165) is 54.0 Å². The molecule has 3 rings (SSSR count). The zero-order valence-electron chi connectivity index (χ0n) is 15.9. The van der Waals surface area contributed by atoms with Crippen LogP contribution in [0.1, 0.15) is 5.56 Å². The van der Waals surface area contributed by atoms with Crippen molar-refractivity contribution >= 4 is 17.3 Å². The lowest BCUT2D eigenvalue weighted by Crippen LogP contribution is -2.49. The summed E-state index contributed by atoms with van der Waals surface area (Å²) in [7, 11) is 1.70. The Morgan fingerprint density at radius 3 is 2.56 bits per heavy atom. The van der Waals surface area contributed by atoms with Crippen LogP contribution in [-0.4, -0.2) is 62.6 Å². The smallest absolute Gasteiger partial charge is 0.142 e. The van der Waals surface area contributed by atoms with Crippen LogP contribution in [0.25, 0.3) is 0 Å². The maximum absolute atomic E-state index is 10.3. The SMILES string of the molecule is COc1ccccc1N1CCN(CC(O)COc2ccc(Cl)c(C)c2)CC1. The summed E-state index contributed by atoms with van der Waals surface area (Å²) in [4.78, 5) is 4.60. The highest BCUT2D eigenvalue weighted by molar-refractivity contribution is 6.31. The highest BCUT2D eigenvalue weighted by atomic mass is 35.5. The number of benzene rings is 2. The largest absolute Gasteiger partial charge is 0.495 e. The van der Waals surface area contributed by atoms with Crippen LogP contribution in [0, 0.1) is 6.92 Å². The topological polar surface area (TPSA) is 45.2 Å². The summed E-state index contributed by atoms with van der Waals surface area (Å²) in [6, 6.07) is 13.6. The van der Waals surface area contributed by atoms with Gasteiger partial charge in [0.05, 0.1) is 12.8 Å². The van der Waals surface area contributed by atoms with Crippen LogP contribution < -0.4 is 14.4 Å². The molecule has 146 valence electrons. The van der Waals surface area contributed by atoms with E-state index in [0.29, 0.717) is 6.54 Å². The lowest BCUT2D eigenvalue weighted by molar-refractivity contribution is 0.0662. The maximum Gasteiger partial charge on any atom is 0.142 e. The van der Waals surface area contributed by atoms with Crippen LogP contribution in [0.15, 0.2) is 42.5 Å². The molecule has 0 radical (unpaired) electrons. The summed E-state index contributed by atoms with van der Waals surface area (Å²) in [5.74, 6) is 1.63. The molecular weight excluding hydrogens is 364 g/mol. The van der Waals surface area contributed by atoms with E-state index in [1.54, 1.807) is 7.11 Å². The molecule has 1 N–H and O–H groups in total. The third kappa shape index (κ3) is 5.28. The van der Waals surface area contributed by atoms with Crippen molar-refractivity contribution < 1.29 is 14.6 Å². The molecule has 1 atom stereocenters. The van der Waals surface area contributed by atoms with E-state index in [4.69, 9.17) is 21.1 Å². The van der Waals surface area contributed by atoms with E-state index in [1.165, 1.54) is 0 Å². The normalized spacial score (nSPS) is 16.2. The van der Waals surface area contributed by atoms with Gasteiger partial charge in [0.1, 0.15) is 24.2 Å². The summed E-state index contributed by atoms with van der Waals surface area (Å²) in [5, 5.41) is 11.0. The van der Waals surface area contributed by atoms with Gasteiger partial charge in [-0.25, -0.2) is 0 Å². The minimum atomic E-state index is -0.529. The van der Waals surface area contributed by atoms with Gasteiger partial charge in [0.15, 0.2) is 0 Å². The van der Waals surface area contributed by atoms with Crippen molar-refractivity contribution in [2.24, 2.45) is 0 Å². The first-order chi connectivity index (χ1) is 13.1. The van der Waals surface area contributed by atoms with Gasteiger partial charge in [-0.05, 0) is 42.8 Å². The minimum absolute atomic E-state index is 0.272. The molecule has 2 aromatic carbocycles. The number of para-hydroxylation sites is 2. The number of aliphatic hydroxyl groups excluding tert-OH is 1. The number of halogens is 1. The van der Waals surface area contributed by atoms with Crippen molar-refractivity contribution in [1.82, 2.24) is 4.90 Å². The average Bonchev–Trinajstić information content (AvgIpc) is 2.69. The predicted molar refractivity (Wildman–Crippen MR) is 109 cm³/mol. The van der Waals surface area contributed by atoms with Gasteiger partial charge in [-0.1, -0.05) is 23.7 Å². The Bertz CT molecular complexity index is 748. The highest BCUT2D eigenvalue weighted by Crippen LogP contribution is 2.28. The summed E-state index contributed by atoms with van der Waals surface area (Å²) < 4.78 is 11.2. The summed E-state index contributed by atoms with van der Waals surface area (Å²) in [6.45, 7) is 6.42. The number of piperazine rings is 1. The molecule has 0 amide bonds. The molecular formula is C21H27ClN2O3. The minimum Gasteiger partial charge on any atom is -0.495 e. The Morgan fingerprint density at radius 1 is 1.11 bits per heavy atom. The molecule has 5 nitrogen and oxygen atoms in total. The van der Waals surface area contributed by atoms with Crippen LogP contribution in [-0.2, 0) is 0 Å². The number of rotatable bonds is 7. The van der Waals surface area contributed by atoms with Crippen molar-refractivity contribution in [1.29, 1.82) is 0 Å². The van der Waals surface area contributed by atoms with Gasteiger partial charge in [0, 0.05) is 37.7 Å². The van der Waals surface area contributed by atoms with Crippen LogP contribution in [0.5, 0.6) is 11.5 Å².